The molecule has 0 aromatic carbocycles. The van der Waals surface area contributed by atoms with Gasteiger partial charge in [-0.3, -0.25) is 4.98 Å². The molecule has 0 radical (unpaired) electrons. The van der Waals surface area contributed by atoms with E-state index in [1.165, 1.54) is 6.20 Å². The smallest absolute Gasteiger partial charge is 0.242 e. The van der Waals surface area contributed by atoms with E-state index in [0.29, 0.717) is 16.9 Å². The molecule has 2 rings (SSSR count). The van der Waals surface area contributed by atoms with Crippen molar-refractivity contribution in [2.45, 2.75) is 18.2 Å². The van der Waals surface area contributed by atoms with Gasteiger partial charge in [0.2, 0.25) is 10.0 Å². The molecule has 0 bridgehead atoms. The average Bonchev–Trinajstić information content (AvgIpc) is 2.84. The molecule has 1 fully saturated rings. The van der Waals surface area contributed by atoms with Crippen LogP contribution in [0.1, 0.15) is 13.3 Å². The summed E-state index contributed by atoms with van der Waals surface area (Å²) in [4.78, 5) is 6.42. The number of pyridine rings is 1. The predicted octanol–water partition coefficient (Wildman–Crippen LogP) is 1.46. The number of hydrogen-bond donors (Lipinski definition) is 1. The lowest BCUT2D eigenvalue weighted by molar-refractivity contribution is 0.342. The van der Waals surface area contributed by atoms with Crippen molar-refractivity contribution >= 4 is 26.0 Å². The second kappa shape index (κ2) is 6.30. The molecule has 1 aliphatic heterocycles. The van der Waals surface area contributed by atoms with Gasteiger partial charge in [0.05, 0.1) is 0 Å². The molecule has 0 amide bonds. The predicted molar refractivity (Wildman–Crippen MR) is 77.3 cm³/mol. The Labute approximate surface area is 122 Å². The van der Waals surface area contributed by atoms with Crippen LogP contribution < -0.4 is 4.72 Å². The molecule has 1 aromatic heterocycles. The summed E-state index contributed by atoms with van der Waals surface area (Å²) >= 11 is 3.23. The minimum absolute atomic E-state index is 0.201. The lowest BCUT2D eigenvalue weighted by Crippen LogP contribution is -2.31. The van der Waals surface area contributed by atoms with E-state index in [4.69, 9.17) is 0 Å². The zero-order valence-electron chi connectivity index (χ0n) is 10.8. The first-order chi connectivity index (χ1) is 9.01. The van der Waals surface area contributed by atoms with Gasteiger partial charge >= 0.3 is 0 Å². The van der Waals surface area contributed by atoms with Crippen molar-refractivity contribution < 1.29 is 8.42 Å². The Kier molecular flexibility index (Phi) is 4.94. The van der Waals surface area contributed by atoms with Crippen LogP contribution in [0.25, 0.3) is 0 Å². The Bertz CT molecular complexity index is 536. The molecule has 106 valence electrons. The molecule has 2 heterocycles. The molecule has 1 unspecified atom stereocenters. The number of nitrogens with zero attached hydrogens (tertiary/aromatic N) is 2. The number of aromatic nitrogens is 1. The molecule has 0 saturated carbocycles. The Morgan fingerprint density at radius 2 is 2.32 bits per heavy atom. The maximum absolute atomic E-state index is 12.1. The average molecular weight is 348 g/mol. The van der Waals surface area contributed by atoms with Gasteiger partial charge < -0.3 is 4.90 Å². The first-order valence-electron chi connectivity index (χ1n) is 6.34. The summed E-state index contributed by atoms with van der Waals surface area (Å²) in [5.74, 6) is 0.398. The van der Waals surface area contributed by atoms with Crippen molar-refractivity contribution in [3.05, 3.63) is 22.9 Å². The fourth-order valence-corrected chi connectivity index (χ4v) is 3.84. The summed E-state index contributed by atoms with van der Waals surface area (Å²) in [6.07, 6.45) is 3.97. The van der Waals surface area contributed by atoms with Crippen LogP contribution in [0.3, 0.4) is 0 Å². The van der Waals surface area contributed by atoms with E-state index < -0.39 is 10.0 Å². The van der Waals surface area contributed by atoms with Gasteiger partial charge in [-0.05, 0) is 47.4 Å². The van der Waals surface area contributed by atoms with Crippen LogP contribution in [0.2, 0.25) is 0 Å². The monoisotopic (exact) mass is 347 g/mol. The normalized spacial score (nSPS) is 20.8. The summed E-state index contributed by atoms with van der Waals surface area (Å²) in [6.45, 7) is 5.67. The van der Waals surface area contributed by atoms with E-state index in [2.05, 4.69) is 37.5 Å². The van der Waals surface area contributed by atoms with Gasteiger partial charge in [0.1, 0.15) is 4.90 Å². The fourth-order valence-electron chi connectivity index (χ4n) is 2.22. The highest BCUT2D eigenvalue weighted by Crippen LogP contribution is 2.17. The summed E-state index contributed by atoms with van der Waals surface area (Å²) in [5.41, 5.74) is 0. The van der Waals surface area contributed by atoms with Gasteiger partial charge in [-0.15, -0.1) is 0 Å². The van der Waals surface area contributed by atoms with Gasteiger partial charge in [-0.2, -0.15) is 0 Å². The number of likely N-dealkylation sites (tertiary alicyclic amines) is 1. The van der Waals surface area contributed by atoms with Crippen molar-refractivity contribution in [1.82, 2.24) is 14.6 Å². The third kappa shape index (κ3) is 3.98. The van der Waals surface area contributed by atoms with Gasteiger partial charge in [0.25, 0.3) is 0 Å². The number of nitrogens with one attached hydrogen (secondary N) is 1. The SMILES string of the molecule is CCN1CCC(CNS(=O)(=O)c2cncc(Br)c2)C1. The van der Waals surface area contributed by atoms with Gasteiger partial charge in [-0.25, -0.2) is 13.1 Å². The molecule has 1 saturated heterocycles. The van der Waals surface area contributed by atoms with Crippen molar-refractivity contribution in [3.8, 4) is 0 Å². The molecular formula is C12H18BrN3O2S. The van der Waals surface area contributed by atoms with Crippen LogP contribution in [0, 0.1) is 5.92 Å². The minimum atomic E-state index is -3.46. The Morgan fingerprint density at radius 3 is 2.95 bits per heavy atom. The molecule has 1 aliphatic rings. The van der Waals surface area contributed by atoms with Gasteiger partial charge in [0.15, 0.2) is 0 Å². The molecule has 5 nitrogen and oxygen atoms in total. The van der Waals surface area contributed by atoms with E-state index in [1.54, 1.807) is 12.3 Å². The van der Waals surface area contributed by atoms with Crippen LogP contribution in [-0.2, 0) is 10.0 Å². The quantitative estimate of drug-likeness (QED) is 0.875. The minimum Gasteiger partial charge on any atom is -0.303 e. The van der Waals surface area contributed by atoms with Crippen LogP contribution in [-0.4, -0.2) is 44.5 Å². The highest BCUT2D eigenvalue weighted by molar-refractivity contribution is 9.10. The van der Waals surface area contributed by atoms with E-state index in [0.717, 1.165) is 26.1 Å². The third-order valence-corrected chi connectivity index (χ3v) is 5.19. The molecule has 0 aliphatic carbocycles. The Hall–Kier alpha value is -0.500. The van der Waals surface area contributed by atoms with E-state index in [9.17, 15) is 8.42 Å². The fraction of sp³-hybridized carbons (Fsp3) is 0.583. The van der Waals surface area contributed by atoms with Gasteiger partial charge in [-0.1, -0.05) is 6.92 Å². The highest BCUT2D eigenvalue weighted by Gasteiger charge is 2.23. The van der Waals surface area contributed by atoms with E-state index in [1.807, 2.05) is 0 Å². The van der Waals surface area contributed by atoms with Crippen LogP contribution >= 0.6 is 15.9 Å². The van der Waals surface area contributed by atoms with Crippen molar-refractivity contribution in [3.63, 3.8) is 0 Å². The van der Waals surface area contributed by atoms with E-state index >= 15 is 0 Å². The van der Waals surface area contributed by atoms with Gasteiger partial charge in [0, 0.05) is 30.0 Å². The molecular weight excluding hydrogens is 330 g/mol. The topological polar surface area (TPSA) is 62.3 Å². The Morgan fingerprint density at radius 1 is 1.53 bits per heavy atom. The summed E-state index contributed by atoms with van der Waals surface area (Å²) in [7, 11) is -3.46. The summed E-state index contributed by atoms with van der Waals surface area (Å²) < 4.78 is 27.5. The lowest BCUT2D eigenvalue weighted by atomic mass is 10.1. The van der Waals surface area contributed by atoms with Crippen LogP contribution in [0.15, 0.2) is 27.8 Å². The third-order valence-electron chi connectivity index (χ3n) is 3.37. The maximum atomic E-state index is 12.1. The first-order valence-corrected chi connectivity index (χ1v) is 8.61. The maximum Gasteiger partial charge on any atom is 0.242 e. The number of halogens is 1. The Balaban J connectivity index is 1.95. The second-order valence-corrected chi connectivity index (χ2v) is 7.42. The largest absolute Gasteiger partial charge is 0.303 e. The number of rotatable bonds is 5. The van der Waals surface area contributed by atoms with Crippen molar-refractivity contribution in [2.24, 2.45) is 5.92 Å². The second-order valence-electron chi connectivity index (χ2n) is 4.74. The van der Waals surface area contributed by atoms with Crippen molar-refractivity contribution in [1.29, 1.82) is 0 Å². The lowest BCUT2D eigenvalue weighted by Gasteiger charge is -2.14. The highest BCUT2D eigenvalue weighted by atomic mass is 79.9. The van der Waals surface area contributed by atoms with Crippen LogP contribution in [0.5, 0.6) is 0 Å². The summed E-state index contributed by atoms with van der Waals surface area (Å²) in [5, 5.41) is 0. The number of hydrogen-bond acceptors (Lipinski definition) is 4. The number of sulfonamides is 1. The molecule has 19 heavy (non-hydrogen) atoms. The zero-order valence-corrected chi connectivity index (χ0v) is 13.2. The first kappa shape index (κ1) is 14.9. The molecule has 7 heteroatoms. The van der Waals surface area contributed by atoms with E-state index in [-0.39, 0.29) is 4.90 Å². The molecule has 1 aromatic rings. The van der Waals surface area contributed by atoms with Crippen LogP contribution in [0.4, 0.5) is 0 Å². The molecule has 0 spiro atoms. The zero-order chi connectivity index (χ0) is 13.9. The van der Waals surface area contributed by atoms with Crippen molar-refractivity contribution in [2.75, 3.05) is 26.2 Å². The summed E-state index contributed by atoms with van der Waals surface area (Å²) in [6, 6.07) is 1.56. The molecule has 1 atom stereocenters. The standard InChI is InChI=1S/C12H18BrN3O2S/c1-2-16-4-3-10(9-16)6-15-19(17,18)12-5-11(13)7-14-8-12/h5,7-8,10,15H,2-4,6,9H2,1H3. The molecule has 1 N–H and O–H groups in total.